The molecule has 0 heterocycles. The van der Waals surface area contributed by atoms with E-state index in [1.54, 1.807) is 49.4 Å². The fourth-order valence-corrected chi connectivity index (χ4v) is 2.00. The molecule has 0 unspecified atom stereocenters. The Bertz CT molecular complexity index is 716. The molecule has 6 heteroatoms. The minimum atomic E-state index is -0.303. The van der Waals surface area contributed by atoms with Crippen LogP contribution in [-0.2, 0) is 9.59 Å². The molecule has 0 saturated heterocycles. The van der Waals surface area contributed by atoms with Crippen LogP contribution < -0.4 is 20.1 Å². The summed E-state index contributed by atoms with van der Waals surface area (Å²) >= 11 is 0. The summed E-state index contributed by atoms with van der Waals surface area (Å²) in [7, 11) is 1.54. The molecule has 2 N–H and O–H groups in total. The molecule has 0 radical (unpaired) electrons. The fourth-order valence-electron chi connectivity index (χ4n) is 2.00. The molecule has 0 fully saturated rings. The number of amides is 2. The second-order valence-corrected chi connectivity index (χ2v) is 4.97. The number of ether oxygens (including phenoxy) is 2. The Morgan fingerprint density at radius 2 is 1.79 bits per heavy atom. The number of para-hydroxylation sites is 2. The van der Waals surface area contributed by atoms with E-state index in [1.807, 2.05) is 6.07 Å². The van der Waals surface area contributed by atoms with Crippen LogP contribution in [0.1, 0.15) is 13.3 Å². The lowest BCUT2D eigenvalue weighted by atomic mass is 10.3. The fraction of sp³-hybridized carbons (Fsp3) is 0.222. The molecule has 0 atom stereocenters. The van der Waals surface area contributed by atoms with Crippen molar-refractivity contribution in [3.63, 3.8) is 0 Å². The lowest BCUT2D eigenvalue weighted by Gasteiger charge is -2.11. The first-order chi connectivity index (χ1) is 11.6. The second kappa shape index (κ2) is 8.57. The van der Waals surface area contributed by atoms with E-state index in [-0.39, 0.29) is 18.4 Å². The van der Waals surface area contributed by atoms with Crippen LogP contribution in [0.3, 0.4) is 0 Å². The second-order valence-electron chi connectivity index (χ2n) is 4.97. The molecular formula is C18H20N2O4. The number of carbonyl (C=O) groups excluding carboxylic acids is 2. The molecule has 2 rings (SSSR count). The van der Waals surface area contributed by atoms with Crippen LogP contribution >= 0.6 is 0 Å². The lowest BCUT2D eigenvalue weighted by molar-refractivity contribution is -0.118. The number of carbonyl (C=O) groups is 2. The molecular weight excluding hydrogens is 308 g/mol. The number of anilines is 2. The Kier molecular flexibility index (Phi) is 6.19. The summed E-state index contributed by atoms with van der Waals surface area (Å²) in [5.41, 5.74) is 1.21. The van der Waals surface area contributed by atoms with E-state index in [1.165, 1.54) is 7.11 Å². The average molecular weight is 328 g/mol. The van der Waals surface area contributed by atoms with Gasteiger partial charge in [-0.05, 0) is 24.3 Å². The number of methoxy groups -OCH3 is 1. The number of hydrogen-bond donors (Lipinski definition) is 2. The van der Waals surface area contributed by atoms with Crippen molar-refractivity contribution in [2.45, 2.75) is 13.3 Å². The summed E-state index contributed by atoms with van der Waals surface area (Å²) in [6.45, 7) is 1.63. The van der Waals surface area contributed by atoms with Crippen molar-refractivity contribution in [1.29, 1.82) is 0 Å². The third-order valence-electron chi connectivity index (χ3n) is 3.19. The quantitative estimate of drug-likeness (QED) is 0.819. The molecule has 6 nitrogen and oxygen atoms in total. The van der Waals surface area contributed by atoms with Crippen molar-refractivity contribution < 1.29 is 19.1 Å². The maximum atomic E-state index is 12.0. The molecule has 0 aliphatic rings. The zero-order valence-electron chi connectivity index (χ0n) is 13.7. The van der Waals surface area contributed by atoms with E-state index in [4.69, 9.17) is 9.47 Å². The highest BCUT2D eigenvalue weighted by Gasteiger charge is 2.08. The molecule has 0 saturated carbocycles. The highest BCUT2D eigenvalue weighted by atomic mass is 16.5. The summed E-state index contributed by atoms with van der Waals surface area (Å²) < 4.78 is 10.6. The Hall–Kier alpha value is -3.02. The van der Waals surface area contributed by atoms with Gasteiger partial charge in [-0.15, -0.1) is 0 Å². The van der Waals surface area contributed by atoms with Gasteiger partial charge < -0.3 is 20.1 Å². The number of nitrogens with one attached hydrogen (secondary N) is 2. The molecule has 2 aromatic rings. The van der Waals surface area contributed by atoms with E-state index in [0.717, 1.165) is 0 Å². The van der Waals surface area contributed by atoms with Crippen LogP contribution in [0.15, 0.2) is 48.5 Å². The number of benzene rings is 2. The van der Waals surface area contributed by atoms with Crippen LogP contribution in [0.4, 0.5) is 11.4 Å². The first kappa shape index (κ1) is 17.3. The first-order valence-electron chi connectivity index (χ1n) is 7.58. The lowest BCUT2D eigenvalue weighted by Crippen LogP contribution is -2.20. The molecule has 0 spiro atoms. The maximum absolute atomic E-state index is 12.0. The summed E-state index contributed by atoms with van der Waals surface area (Å²) in [5.74, 6) is 0.692. The molecule has 0 aliphatic carbocycles. The normalized spacial score (nSPS) is 9.92. The highest BCUT2D eigenvalue weighted by molar-refractivity contribution is 5.93. The van der Waals surface area contributed by atoms with E-state index in [9.17, 15) is 9.59 Å². The van der Waals surface area contributed by atoms with Crippen LogP contribution in [0.2, 0.25) is 0 Å². The number of hydrogen-bond acceptors (Lipinski definition) is 4. The van der Waals surface area contributed by atoms with Crippen molar-refractivity contribution >= 4 is 23.2 Å². The topological polar surface area (TPSA) is 76.7 Å². The molecule has 0 bridgehead atoms. The molecule has 126 valence electrons. The van der Waals surface area contributed by atoms with Gasteiger partial charge in [0.25, 0.3) is 5.91 Å². The minimum absolute atomic E-state index is 0.0823. The van der Waals surface area contributed by atoms with E-state index in [2.05, 4.69) is 10.6 Å². The Morgan fingerprint density at radius 3 is 2.54 bits per heavy atom. The Balaban J connectivity index is 1.92. The van der Waals surface area contributed by atoms with E-state index >= 15 is 0 Å². The largest absolute Gasteiger partial charge is 0.495 e. The van der Waals surface area contributed by atoms with E-state index in [0.29, 0.717) is 29.3 Å². The summed E-state index contributed by atoms with van der Waals surface area (Å²) in [6.07, 6.45) is 0.395. The molecule has 2 amide bonds. The van der Waals surface area contributed by atoms with Gasteiger partial charge in [0.1, 0.15) is 11.5 Å². The zero-order valence-corrected chi connectivity index (χ0v) is 13.7. The summed E-state index contributed by atoms with van der Waals surface area (Å²) in [5, 5.41) is 5.47. The molecule has 24 heavy (non-hydrogen) atoms. The van der Waals surface area contributed by atoms with E-state index < -0.39 is 0 Å². The SMILES string of the molecule is CCC(=O)Nc1cccc(OCC(=O)Nc2ccccc2OC)c1. The highest BCUT2D eigenvalue weighted by Crippen LogP contribution is 2.23. The predicted molar refractivity (Wildman–Crippen MR) is 92.5 cm³/mol. The van der Waals surface area contributed by atoms with Crippen molar-refractivity contribution in [2.24, 2.45) is 0 Å². The number of rotatable bonds is 7. The first-order valence-corrected chi connectivity index (χ1v) is 7.58. The van der Waals surface area contributed by atoms with Crippen molar-refractivity contribution in [1.82, 2.24) is 0 Å². The van der Waals surface area contributed by atoms with Gasteiger partial charge in [-0.3, -0.25) is 9.59 Å². The van der Waals surface area contributed by atoms with Gasteiger partial charge in [-0.2, -0.15) is 0 Å². The third kappa shape index (κ3) is 5.01. The van der Waals surface area contributed by atoms with Crippen molar-refractivity contribution in [3.8, 4) is 11.5 Å². The van der Waals surface area contributed by atoms with Crippen LogP contribution in [-0.4, -0.2) is 25.5 Å². The minimum Gasteiger partial charge on any atom is -0.495 e. The van der Waals surface area contributed by atoms with Gasteiger partial charge in [-0.25, -0.2) is 0 Å². The van der Waals surface area contributed by atoms with Gasteiger partial charge in [-0.1, -0.05) is 25.1 Å². The van der Waals surface area contributed by atoms with Gasteiger partial charge in [0.05, 0.1) is 12.8 Å². The Labute approximate surface area is 140 Å². The van der Waals surface area contributed by atoms with Crippen LogP contribution in [0.25, 0.3) is 0 Å². The maximum Gasteiger partial charge on any atom is 0.262 e. The van der Waals surface area contributed by atoms with Gasteiger partial charge in [0.15, 0.2) is 6.61 Å². The van der Waals surface area contributed by atoms with Crippen molar-refractivity contribution in [2.75, 3.05) is 24.4 Å². The zero-order chi connectivity index (χ0) is 17.4. The molecule has 2 aromatic carbocycles. The third-order valence-corrected chi connectivity index (χ3v) is 3.19. The summed E-state index contributed by atoms with van der Waals surface area (Å²) in [4.78, 5) is 23.4. The van der Waals surface area contributed by atoms with Gasteiger partial charge in [0.2, 0.25) is 5.91 Å². The smallest absolute Gasteiger partial charge is 0.262 e. The molecule has 0 aromatic heterocycles. The monoisotopic (exact) mass is 328 g/mol. The van der Waals surface area contributed by atoms with Gasteiger partial charge >= 0.3 is 0 Å². The Morgan fingerprint density at radius 1 is 1.00 bits per heavy atom. The standard InChI is InChI=1S/C18H20N2O4/c1-3-17(21)19-13-7-6-8-14(11-13)24-12-18(22)20-15-9-4-5-10-16(15)23-2/h4-11H,3,12H2,1-2H3,(H,19,21)(H,20,22). The summed E-state index contributed by atoms with van der Waals surface area (Å²) in [6, 6.07) is 14.0. The average Bonchev–Trinajstić information content (AvgIpc) is 2.60. The predicted octanol–water partition coefficient (Wildman–Crippen LogP) is 3.06. The van der Waals surface area contributed by atoms with Crippen LogP contribution in [0, 0.1) is 0 Å². The van der Waals surface area contributed by atoms with Crippen LogP contribution in [0.5, 0.6) is 11.5 Å². The molecule has 0 aliphatic heterocycles. The van der Waals surface area contributed by atoms with Gasteiger partial charge in [0, 0.05) is 18.2 Å². The van der Waals surface area contributed by atoms with Crippen molar-refractivity contribution in [3.05, 3.63) is 48.5 Å².